The lowest BCUT2D eigenvalue weighted by atomic mass is 10.2. The summed E-state index contributed by atoms with van der Waals surface area (Å²) in [4.78, 5) is 11.9. The van der Waals surface area contributed by atoms with Gasteiger partial charge in [-0.1, -0.05) is 41.4 Å². The Hall–Kier alpha value is -1.78. The number of fused-ring (bicyclic) bond motifs is 5. The van der Waals surface area contributed by atoms with Crippen molar-refractivity contribution in [3.63, 3.8) is 0 Å². The van der Waals surface area contributed by atoms with E-state index in [1.807, 2.05) is 24.3 Å². The quantitative estimate of drug-likeness (QED) is 0.498. The molecule has 4 rings (SSSR count). The van der Waals surface area contributed by atoms with Gasteiger partial charge in [0.05, 0.1) is 11.2 Å². The number of aromatic nitrogens is 4. The van der Waals surface area contributed by atoms with Crippen molar-refractivity contribution >= 4 is 51.0 Å². The summed E-state index contributed by atoms with van der Waals surface area (Å²) >= 11 is 12.2. The molecule has 0 radical (unpaired) electrons. The summed E-state index contributed by atoms with van der Waals surface area (Å²) in [7, 11) is 0. The highest BCUT2D eigenvalue weighted by atomic mass is 35.5. The van der Waals surface area contributed by atoms with E-state index in [0.717, 1.165) is 22.1 Å². The molecule has 0 aliphatic heterocycles. The smallest absolute Gasteiger partial charge is 0.237 e. The van der Waals surface area contributed by atoms with Crippen LogP contribution in [0.5, 0.6) is 0 Å². The molecule has 0 saturated carbocycles. The largest absolute Gasteiger partial charge is 0.339 e. The Bertz CT molecular complexity index is 907. The summed E-state index contributed by atoms with van der Waals surface area (Å²) in [5.74, 6) is 0.538. The van der Waals surface area contributed by atoms with Crippen LogP contribution in [0.25, 0.3) is 27.8 Å². The first-order valence-corrected chi connectivity index (χ1v) is 6.10. The average Bonchev–Trinajstić information content (AvgIpc) is 2.89. The van der Waals surface area contributed by atoms with Gasteiger partial charge < -0.3 is 4.98 Å². The van der Waals surface area contributed by atoms with Crippen molar-refractivity contribution in [2.75, 3.05) is 0 Å². The van der Waals surface area contributed by atoms with Crippen LogP contribution in [0.4, 0.5) is 0 Å². The van der Waals surface area contributed by atoms with Gasteiger partial charge in [-0.25, -0.2) is 9.97 Å². The zero-order chi connectivity index (χ0) is 12.3. The van der Waals surface area contributed by atoms with E-state index in [1.165, 1.54) is 6.20 Å². The minimum atomic E-state index is 0.405. The number of nitrogens with one attached hydrogen (secondary N) is 1. The monoisotopic (exact) mass is 276 g/mol. The van der Waals surface area contributed by atoms with Crippen molar-refractivity contribution in [1.29, 1.82) is 0 Å². The highest BCUT2D eigenvalue weighted by Gasteiger charge is 2.15. The predicted molar refractivity (Wildman–Crippen MR) is 72.4 cm³/mol. The molecule has 0 fully saturated rings. The summed E-state index contributed by atoms with van der Waals surface area (Å²) in [5, 5.41) is 1.86. The van der Waals surface area contributed by atoms with E-state index in [1.54, 1.807) is 4.40 Å². The molecule has 0 unspecified atom stereocenters. The first kappa shape index (κ1) is 10.2. The van der Waals surface area contributed by atoms with Gasteiger partial charge in [-0.15, -0.1) is 0 Å². The Labute approximate surface area is 111 Å². The molecular formula is C12H6Cl2N4. The second-order valence-electron chi connectivity index (χ2n) is 4.01. The number of nitrogens with zero attached hydrogens (tertiary/aromatic N) is 3. The molecule has 0 bridgehead atoms. The summed E-state index contributed by atoms with van der Waals surface area (Å²) in [5.41, 5.74) is 2.67. The van der Waals surface area contributed by atoms with Crippen molar-refractivity contribution in [3.8, 4) is 0 Å². The Morgan fingerprint density at radius 3 is 2.89 bits per heavy atom. The minimum absolute atomic E-state index is 0.405. The maximum Gasteiger partial charge on any atom is 0.237 e. The minimum Gasteiger partial charge on any atom is -0.339 e. The van der Waals surface area contributed by atoms with Crippen LogP contribution < -0.4 is 0 Å². The predicted octanol–water partition coefficient (Wildman–Crippen LogP) is 3.67. The maximum atomic E-state index is 6.20. The number of rotatable bonds is 0. The lowest BCUT2D eigenvalue weighted by Crippen LogP contribution is -1.91. The molecule has 0 spiro atoms. The molecule has 3 heterocycles. The lowest BCUT2D eigenvalue weighted by molar-refractivity contribution is 1.12. The fourth-order valence-electron chi connectivity index (χ4n) is 2.18. The molecule has 0 aliphatic rings. The van der Waals surface area contributed by atoms with E-state index in [0.29, 0.717) is 16.0 Å². The number of imidazole rings is 1. The molecule has 18 heavy (non-hydrogen) atoms. The molecule has 1 N–H and O–H groups in total. The number of para-hydroxylation sites is 1. The van der Waals surface area contributed by atoms with Gasteiger partial charge >= 0.3 is 0 Å². The molecule has 4 aromatic rings. The zero-order valence-corrected chi connectivity index (χ0v) is 10.5. The first-order valence-electron chi connectivity index (χ1n) is 5.34. The molecule has 0 saturated heterocycles. The molecular weight excluding hydrogens is 271 g/mol. The first-order chi connectivity index (χ1) is 8.75. The van der Waals surface area contributed by atoms with Crippen LogP contribution in [0.1, 0.15) is 0 Å². The zero-order valence-electron chi connectivity index (χ0n) is 8.98. The molecule has 0 amide bonds. The lowest BCUT2D eigenvalue weighted by Gasteiger charge is -1.98. The van der Waals surface area contributed by atoms with Crippen molar-refractivity contribution in [3.05, 3.63) is 40.6 Å². The number of aromatic amines is 1. The SMILES string of the molecule is Clc1cnc2nc3c4ccccc4[nH]c3n2c1Cl. The summed E-state index contributed by atoms with van der Waals surface area (Å²) in [6.07, 6.45) is 1.51. The second-order valence-corrected chi connectivity index (χ2v) is 4.78. The third-order valence-corrected chi connectivity index (χ3v) is 3.73. The van der Waals surface area contributed by atoms with Crippen LogP contribution in [-0.4, -0.2) is 19.4 Å². The van der Waals surface area contributed by atoms with Crippen LogP contribution in [0.15, 0.2) is 30.5 Å². The second kappa shape index (κ2) is 3.37. The van der Waals surface area contributed by atoms with Gasteiger partial charge in [-0.3, -0.25) is 4.40 Å². The Balaban J connectivity index is 2.33. The standard InChI is InChI=1S/C12H6Cl2N4/c13-7-5-15-12-17-9-6-3-1-2-4-8(6)16-11(9)18(12)10(7)14/h1-5,16H. The van der Waals surface area contributed by atoms with Crippen LogP contribution in [0.2, 0.25) is 10.2 Å². The number of H-pyrrole nitrogens is 1. The van der Waals surface area contributed by atoms with E-state index >= 15 is 0 Å². The van der Waals surface area contributed by atoms with Crippen LogP contribution in [0.3, 0.4) is 0 Å². The van der Waals surface area contributed by atoms with Crippen LogP contribution in [-0.2, 0) is 0 Å². The fourth-order valence-corrected chi connectivity index (χ4v) is 2.53. The van der Waals surface area contributed by atoms with E-state index in [4.69, 9.17) is 23.2 Å². The molecule has 4 nitrogen and oxygen atoms in total. The number of halogens is 2. The summed E-state index contributed by atoms with van der Waals surface area (Å²) in [6.45, 7) is 0. The van der Waals surface area contributed by atoms with Gasteiger partial charge in [0.25, 0.3) is 0 Å². The van der Waals surface area contributed by atoms with Crippen molar-refractivity contribution < 1.29 is 0 Å². The summed E-state index contributed by atoms with van der Waals surface area (Å²) in [6, 6.07) is 7.95. The Morgan fingerprint density at radius 2 is 2.00 bits per heavy atom. The Morgan fingerprint density at radius 1 is 1.17 bits per heavy atom. The highest BCUT2D eigenvalue weighted by molar-refractivity contribution is 6.41. The fraction of sp³-hybridized carbons (Fsp3) is 0. The molecule has 6 heteroatoms. The van der Waals surface area contributed by atoms with Crippen LogP contribution >= 0.6 is 23.2 Å². The van der Waals surface area contributed by atoms with E-state index in [2.05, 4.69) is 15.0 Å². The van der Waals surface area contributed by atoms with Gasteiger partial charge in [-0.05, 0) is 6.07 Å². The average molecular weight is 277 g/mol. The number of hydrogen-bond acceptors (Lipinski definition) is 2. The molecule has 0 aliphatic carbocycles. The van der Waals surface area contributed by atoms with Crippen molar-refractivity contribution in [1.82, 2.24) is 19.4 Å². The number of benzene rings is 1. The van der Waals surface area contributed by atoms with E-state index < -0.39 is 0 Å². The van der Waals surface area contributed by atoms with Gasteiger partial charge in [0.2, 0.25) is 5.78 Å². The topological polar surface area (TPSA) is 46.0 Å². The summed E-state index contributed by atoms with van der Waals surface area (Å²) < 4.78 is 1.72. The van der Waals surface area contributed by atoms with E-state index in [9.17, 15) is 0 Å². The van der Waals surface area contributed by atoms with Crippen LogP contribution in [0, 0.1) is 0 Å². The molecule has 3 aromatic heterocycles. The van der Waals surface area contributed by atoms with Gasteiger partial charge in [0.1, 0.15) is 16.3 Å². The highest BCUT2D eigenvalue weighted by Crippen LogP contribution is 2.29. The normalized spacial score (nSPS) is 11.9. The van der Waals surface area contributed by atoms with E-state index in [-0.39, 0.29) is 0 Å². The van der Waals surface area contributed by atoms with Crippen molar-refractivity contribution in [2.24, 2.45) is 0 Å². The third kappa shape index (κ3) is 1.16. The molecule has 88 valence electrons. The number of hydrogen-bond donors (Lipinski definition) is 1. The molecule has 1 aromatic carbocycles. The Kier molecular flexibility index (Phi) is 1.90. The van der Waals surface area contributed by atoms with Gasteiger partial charge in [0, 0.05) is 10.9 Å². The van der Waals surface area contributed by atoms with Gasteiger partial charge in [-0.2, -0.15) is 0 Å². The van der Waals surface area contributed by atoms with Crippen molar-refractivity contribution in [2.45, 2.75) is 0 Å². The van der Waals surface area contributed by atoms with Gasteiger partial charge in [0.15, 0.2) is 0 Å². The molecule has 0 atom stereocenters. The third-order valence-electron chi connectivity index (χ3n) is 2.98. The maximum absolute atomic E-state index is 6.20.